The molecule has 0 saturated carbocycles. The standard InChI is InChI=1S/C12H11BrClNO2/c1-7-4-11(16)15(12(7)17)6-8-2-3-9(13)5-10(8)14/h2-3,5,7H,4,6H2,1H3. The summed E-state index contributed by atoms with van der Waals surface area (Å²) in [7, 11) is 0. The Morgan fingerprint density at radius 2 is 2.18 bits per heavy atom. The van der Waals surface area contributed by atoms with E-state index in [1.54, 1.807) is 13.0 Å². The number of benzene rings is 1. The van der Waals surface area contributed by atoms with Gasteiger partial charge < -0.3 is 0 Å². The van der Waals surface area contributed by atoms with Crippen molar-refractivity contribution in [2.45, 2.75) is 19.9 Å². The Bertz CT molecular complexity index is 489. The predicted octanol–water partition coefficient (Wildman–Crippen LogP) is 3.00. The molecule has 0 aromatic heterocycles. The molecule has 0 spiro atoms. The molecular formula is C12H11BrClNO2. The number of hydrogen-bond donors (Lipinski definition) is 0. The molecule has 0 radical (unpaired) electrons. The number of nitrogens with zero attached hydrogens (tertiary/aromatic N) is 1. The monoisotopic (exact) mass is 315 g/mol. The maximum Gasteiger partial charge on any atom is 0.232 e. The minimum atomic E-state index is -0.211. The summed E-state index contributed by atoms with van der Waals surface area (Å²) in [6, 6.07) is 5.41. The van der Waals surface area contributed by atoms with Crippen LogP contribution in [0.2, 0.25) is 5.02 Å². The van der Waals surface area contributed by atoms with Crippen molar-refractivity contribution >= 4 is 39.3 Å². The van der Waals surface area contributed by atoms with E-state index in [0.29, 0.717) is 11.4 Å². The molecule has 1 atom stereocenters. The molecule has 1 aliphatic rings. The van der Waals surface area contributed by atoms with Gasteiger partial charge in [-0.05, 0) is 17.7 Å². The van der Waals surface area contributed by atoms with E-state index in [9.17, 15) is 9.59 Å². The lowest BCUT2D eigenvalue weighted by Crippen LogP contribution is -2.29. The van der Waals surface area contributed by atoms with Crippen molar-refractivity contribution in [1.82, 2.24) is 4.90 Å². The Hall–Kier alpha value is -0.870. The van der Waals surface area contributed by atoms with Crippen molar-refractivity contribution in [3.63, 3.8) is 0 Å². The average Bonchev–Trinajstić information content (AvgIpc) is 2.48. The topological polar surface area (TPSA) is 37.4 Å². The number of imide groups is 1. The third-order valence-corrected chi connectivity index (χ3v) is 3.66. The second-order valence-corrected chi connectivity index (χ2v) is 5.48. The minimum Gasteiger partial charge on any atom is -0.278 e. The third kappa shape index (κ3) is 2.53. The Balaban J connectivity index is 2.21. The Labute approximate surface area is 113 Å². The molecule has 1 heterocycles. The van der Waals surface area contributed by atoms with E-state index < -0.39 is 0 Å². The molecule has 0 bridgehead atoms. The number of carbonyl (C=O) groups excluding carboxylic acids is 2. The first-order valence-electron chi connectivity index (χ1n) is 5.27. The van der Waals surface area contributed by atoms with Crippen LogP contribution >= 0.6 is 27.5 Å². The highest BCUT2D eigenvalue weighted by atomic mass is 79.9. The highest BCUT2D eigenvalue weighted by Gasteiger charge is 2.35. The molecular weight excluding hydrogens is 305 g/mol. The van der Waals surface area contributed by atoms with Gasteiger partial charge in [0.25, 0.3) is 0 Å². The van der Waals surface area contributed by atoms with Crippen molar-refractivity contribution in [3.8, 4) is 0 Å². The van der Waals surface area contributed by atoms with Crippen LogP contribution in [0.15, 0.2) is 22.7 Å². The first-order chi connectivity index (χ1) is 7.99. The van der Waals surface area contributed by atoms with Crippen molar-refractivity contribution in [3.05, 3.63) is 33.3 Å². The van der Waals surface area contributed by atoms with Crippen LogP contribution in [0, 0.1) is 5.92 Å². The minimum absolute atomic E-state index is 0.117. The number of amides is 2. The van der Waals surface area contributed by atoms with Gasteiger partial charge in [-0.1, -0.05) is 40.5 Å². The maximum atomic E-state index is 11.8. The van der Waals surface area contributed by atoms with Crippen LogP contribution in [0.1, 0.15) is 18.9 Å². The summed E-state index contributed by atoms with van der Waals surface area (Å²) < 4.78 is 0.874. The zero-order valence-corrected chi connectivity index (χ0v) is 11.6. The molecule has 3 nitrogen and oxygen atoms in total. The molecule has 1 aliphatic heterocycles. The molecule has 17 heavy (non-hydrogen) atoms. The second-order valence-electron chi connectivity index (χ2n) is 4.16. The zero-order chi connectivity index (χ0) is 12.6. The number of halogens is 2. The van der Waals surface area contributed by atoms with Crippen molar-refractivity contribution in [2.75, 3.05) is 0 Å². The van der Waals surface area contributed by atoms with Crippen LogP contribution in [-0.2, 0) is 16.1 Å². The van der Waals surface area contributed by atoms with Crippen molar-refractivity contribution < 1.29 is 9.59 Å². The first kappa shape index (κ1) is 12.6. The normalized spacial score (nSPS) is 20.2. The lowest BCUT2D eigenvalue weighted by atomic mass is 10.1. The smallest absolute Gasteiger partial charge is 0.232 e. The lowest BCUT2D eigenvalue weighted by molar-refractivity contribution is -0.139. The summed E-state index contributed by atoms with van der Waals surface area (Å²) in [5.74, 6) is -0.452. The fourth-order valence-corrected chi connectivity index (χ4v) is 2.57. The Morgan fingerprint density at radius 3 is 2.71 bits per heavy atom. The zero-order valence-electron chi connectivity index (χ0n) is 9.24. The molecule has 0 aliphatic carbocycles. The highest BCUT2D eigenvalue weighted by molar-refractivity contribution is 9.10. The maximum absolute atomic E-state index is 11.8. The van der Waals surface area contributed by atoms with Gasteiger partial charge in [-0.25, -0.2) is 0 Å². The molecule has 5 heteroatoms. The van der Waals surface area contributed by atoms with E-state index in [1.165, 1.54) is 4.90 Å². The van der Waals surface area contributed by atoms with E-state index >= 15 is 0 Å². The molecule has 1 fully saturated rings. The SMILES string of the molecule is CC1CC(=O)N(Cc2ccc(Br)cc2Cl)C1=O. The fraction of sp³-hybridized carbons (Fsp3) is 0.333. The van der Waals surface area contributed by atoms with E-state index in [4.69, 9.17) is 11.6 Å². The van der Waals surface area contributed by atoms with Crippen molar-refractivity contribution in [2.24, 2.45) is 5.92 Å². The number of rotatable bonds is 2. The van der Waals surface area contributed by atoms with Crippen LogP contribution < -0.4 is 0 Å². The van der Waals surface area contributed by atoms with Crippen LogP contribution in [0.4, 0.5) is 0 Å². The van der Waals surface area contributed by atoms with Gasteiger partial charge >= 0.3 is 0 Å². The van der Waals surface area contributed by atoms with Gasteiger partial charge in [0, 0.05) is 21.8 Å². The molecule has 1 saturated heterocycles. The van der Waals surface area contributed by atoms with Crippen molar-refractivity contribution in [1.29, 1.82) is 0 Å². The predicted molar refractivity (Wildman–Crippen MR) is 68.5 cm³/mol. The second kappa shape index (κ2) is 4.78. The van der Waals surface area contributed by atoms with Crippen LogP contribution in [0.5, 0.6) is 0 Å². The largest absolute Gasteiger partial charge is 0.278 e. The summed E-state index contributed by atoms with van der Waals surface area (Å²) in [5.41, 5.74) is 0.783. The molecule has 90 valence electrons. The van der Waals surface area contributed by atoms with Crippen LogP contribution in [0.3, 0.4) is 0 Å². The van der Waals surface area contributed by atoms with Gasteiger partial charge in [0.2, 0.25) is 11.8 Å². The van der Waals surface area contributed by atoms with E-state index in [-0.39, 0.29) is 24.3 Å². The average molecular weight is 317 g/mol. The molecule has 2 amide bonds. The van der Waals surface area contributed by atoms with Gasteiger partial charge in [-0.2, -0.15) is 0 Å². The summed E-state index contributed by atoms with van der Waals surface area (Å²) in [5, 5.41) is 0.555. The molecule has 1 aromatic rings. The third-order valence-electron chi connectivity index (χ3n) is 2.81. The highest BCUT2D eigenvalue weighted by Crippen LogP contribution is 2.26. The van der Waals surface area contributed by atoms with Gasteiger partial charge in [0.15, 0.2) is 0 Å². The van der Waals surface area contributed by atoms with E-state index in [2.05, 4.69) is 15.9 Å². The number of carbonyl (C=O) groups is 2. The quantitative estimate of drug-likeness (QED) is 0.787. The Morgan fingerprint density at radius 1 is 1.47 bits per heavy atom. The van der Waals surface area contributed by atoms with Gasteiger partial charge in [-0.3, -0.25) is 14.5 Å². The van der Waals surface area contributed by atoms with E-state index in [1.807, 2.05) is 12.1 Å². The van der Waals surface area contributed by atoms with Crippen LogP contribution in [0.25, 0.3) is 0 Å². The van der Waals surface area contributed by atoms with Crippen LogP contribution in [-0.4, -0.2) is 16.7 Å². The first-order valence-corrected chi connectivity index (χ1v) is 6.44. The lowest BCUT2D eigenvalue weighted by Gasteiger charge is -2.15. The van der Waals surface area contributed by atoms with Gasteiger partial charge in [-0.15, -0.1) is 0 Å². The van der Waals surface area contributed by atoms with Gasteiger partial charge in [0.1, 0.15) is 0 Å². The molecule has 1 aromatic carbocycles. The molecule has 0 N–H and O–H groups in total. The summed E-state index contributed by atoms with van der Waals surface area (Å²) in [6.07, 6.45) is 0.299. The number of hydrogen-bond acceptors (Lipinski definition) is 2. The molecule has 1 unspecified atom stereocenters. The van der Waals surface area contributed by atoms with E-state index in [0.717, 1.165) is 10.0 Å². The fourth-order valence-electron chi connectivity index (χ4n) is 1.83. The Kier molecular flexibility index (Phi) is 3.54. The summed E-state index contributed by atoms with van der Waals surface area (Å²) in [4.78, 5) is 24.7. The molecule has 2 rings (SSSR count). The number of likely N-dealkylation sites (tertiary alicyclic amines) is 1. The van der Waals surface area contributed by atoms with Gasteiger partial charge in [0.05, 0.1) is 6.54 Å². The summed E-state index contributed by atoms with van der Waals surface area (Å²) >= 11 is 9.37. The summed E-state index contributed by atoms with van der Waals surface area (Å²) in [6.45, 7) is 2.03.